The summed E-state index contributed by atoms with van der Waals surface area (Å²) in [7, 11) is 0. The fourth-order valence-electron chi connectivity index (χ4n) is 1.71. The Hall–Kier alpha value is -1.35. The summed E-state index contributed by atoms with van der Waals surface area (Å²) in [6.07, 6.45) is 1.57. The van der Waals surface area contributed by atoms with E-state index in [0.717, 1.165) is 12.8 Å². The number of carbonyl (C=O) groups is 1. The van der Waals surface area contributed by atoms with Gasteiger partial charge in [0.1, 0.15) is 6.10 Å². The lowest BCUT2D eigenvalue weighted by atomic mass is 9.83. The maximum absolute atomic E-state index is 11.6. The third-order valence-electron chi connectivity index (χ3n) is 2.73. The second-order valence-electron chi connectivity index (χ2n) is 3.91. The summed E-state index contributed by atoms with van der Waals surface area (Å²) >= 11 is 0. The van der Waals surface area contributed by atoms with Gasteiger partial charge >= 0.3 is 5.97 Å². The van der Waals surface area contributed by atoms with Crippen LogP contribution in [0.3, 0.4) is 0 Å². The Balaban J connectivity index is 1.84. The van der Waals surface area contributed by atoms with Crippen molar-refractivity contribution in [2.24, 2.45) is 5.92 Å². The van der Waals surface area contributed by atoms with Crippen molar-refractivity contribution >= 4 is 5.97 Å². The molecule has 1 aliphatic carbocycles. The molecule has 0 atom stereocenters. The van der Waals surface area contributed by atoms with E-state index in [1.54, 1.807) is 12.1 Å². The predicted octanol–water partition coefficient (Wildman–Crippen LogP) is 1.61. The standard InChI is InChI=1S/C12H14O3/c13-8-9-6-11(7-9)15-12(14)10-4-2-1-3-5-10/h1-5,9,11,13H,6-8H2. The number of rotatable bonds is 3. The maximum atomic E-state index is 11.6. The molecule has 1 fully saturated rings. The van der Waals surface area contributed by atoms with Gasteiger partial charge in [-0.2, -0.15) is 0 Å². The molecule has 0 spiro atoms. The number of hydrogen-bond acceptors (Lipinski definition) is 3. The minimum atomic E-state index is -0.267. The maximum Gasteiger partial charge on any atom is 0.338 e. The van der Waals surface area contributed by atoms with Crippen LogP contribution in [-0.2, 0) is 4.74 Å². The van der Waals surface area contributed by atoms with Crippen molar-refractivity contribution in [1.29, 1.82) is 0 Å². The van der Waals surface area contributed by atoms with Crippen LogP contribution in [0.1, 0.15) is 23.2 Å². The van der Waals surface area contributed by atoms with E-state index in [1.807, 2.05) is 18.2 Å². The molecule has 0 saturated heterocycles. The molecule has 3 nitrogen and oxygen atoms in total. The molecule has 0 radical (unpaired) electrons. The number of esters is 1. The quantitative estimate of drug-likeness (QED) is 0.764. The molecule has 15 heavy (non-hydrogen) atoms. The van der Waals surface area contributed by atoms with Gasteiger partial charge in [-0.25, -0.2) is 4.79 Å². The Morgan fingerprint density at radius 2 is 2.00 bits per heavy atom. The highest BCUT2D eigenvalue weighted by Crippen LogP contribution is 2.29. The molecule has 1 N–H and O–H groups in total. The highest BCUT2D eigenvalue weighted by Gasteiger charge is 2.31. The SMILES string of the molecule is O=C(OC1CC(CO)C1)c1ccccc1. The van der Waals surface area contributed by atoms with Crippen molar-refractivity contribution in [3.63, 3.8) is 0 Å². The molecule has 1 aromatic carbocycles. The molecular weight excluding hydrogens is 192 g/mol. The molecule has 80 valence electrons. The number of carbonyl (C=O) groups excluding carboxylic acids is 1. The topological polar surface area (TPSA) is 46.5 Å². The van der Waals surface area contributed by atoms with Crippen molar-refractivity contribution in [3.8, 4) is 0 Å². The number of benzene rings is 1. The number of ether oxygens (including phenoxy) is 1. The lowest BCUT2D eigenvalue weighted by Gasteiger charge is -2.33. The fourth-order valence-corrected chi connectivity index (χ4v) is 1.71. The second kappa shape index (κ2) is 4.45. The van der Waals surface area contributed by atoms with Gasteiger partial charge in [0.25, 0.3) is 0 Å². The van der Waals surface area contributed by atoms with Gasteiger partial charge in [-0.05, 0) is 30.9 Å². The van der Waals surface area contributed by atoms with Crippen LogP contribution in [-0.4, -0.2) is 23.8 Å². The first-order valence-electron chi connectivity index (χ1n) is 5.16. The van der Waals surface area contributed by atoms with Crippen LogP contribution in [0, 0.1) is 5.92 Å². The first-order valence-corrected chi connectivity index (χ1v) is 5.16. The van der Waals surface area contributed by atoms with E-state index in [0.29, 0.717) is 11.5 Å². The summed E-state index contributed by atoms with van der Waals surface area (Å²) in [6, 6.07) is 8.97. The van der Waals surface area contributed by atoms with Gasteiger partial charge in [-0.1, -0.05) is 18.2 Å². The third kappa shape index (κ3) is 2.36. The number of aliphatic hydroxyl groups is 1. The van der Waals surface area contributed by atoms with Crippen molar-refractivity contribution in [1.82, 2.24) is 0 Å². The average molecular weight is 206 g/mol. The lowest BCUT2D eigenvalue weighted by Crippen LogP contribution is -2.35. The Bertz CT molecular complexity index is 328. The third-order valence-corrected chi connectivity index (χ3v) is 2.73. The van der Waals surface area contributed by atoms with Crippen molar-refractivity contribution in [2.75, 3.05) is 6.61 Å². The zero-order valence-corrected chi connectivity index (χ0v) is 8.43. The summed E-state index contributed by atoms with van der Waals surface area (Å²) in [5, 5.41) is 8.81. The Kier molecular flexibility index (Phi) is 3.02. The summed E-state index contributed by atoms with van der Waals surface area (Å²) in [6.45, 7) is 0.194. The molecule has 2 rings (SSSR count). The molecule has 0 unspecified atom stereocenters. The monoisotopic (exact) mass is 206 g/mol. The highest BCUT2D eigenvalue weighted by atomic mass is 16.5. The normalized spacial score (nSPS) is 24.3. The van der Waals surface area contributed by atoms with Gasteiger partial charge in [0.05, 0.1) is 5.56 Å². The van der Waals surface area contributed by atoms with Gasteiger partial charge in [0, 0.05) is 6.61 Å². The minimum Gasteiger partial charge on any atom is -0.459 e. The molecule has 0 heterocycles. The number of aliphatic hydroxyl groups excluding tert-OH is 1. The van der Waals surface area contributed by atoms with Gasteiger partial charge in [-0.15, -0.1) is 0 Å². The molecular formula is C12H14O3. The van der Waals surface area contributed by atoms with Crippen LogP contribution in [0.25, 0.3) is 0 Å². The van der Waals surface area contributed by atoms with E-state index >= 15 is 0 Å². The molecule has 3 heteroatoms. The van der Waals surface area contributed by atoms with Crippen molar-refractivity contribution < 1.29 is 14.6 Å². The zero-order valence-electron chi connectivity index (χ0n) is 8.43. The minimum absolute atomic E-state index is 0.00476. The molecule has 0 aromatic heterocycles. The lowest BCUT2D eigenvalue weighted by molar-refractivity contribution is -0.0228. The van der Waals surface area contributed by atoms with Gasteiger partial charge in [0.15, 0.2) is 0 Å². The summed E-state index contributed by atoms with van der Waals surface area (Å²) in [5.74, 6) is 0.0514. The van der Waals surface area contributed by atoms with Crippen molar-refractivity contribution in [2.45, 2.75) is 18.9 Å². The van der Waals surface area contributed by atoms with E-state index in [1.165, 1.54) is 0 Å². The van der Waals surface area contributed by atoms with Gasteiger partial charge in [0.2, 0.25) is 0 Å². The molecule has 0 amide bonds. The van der Waals surface area contributed by atoms with E-state index in [4.69, 9.17) is 9.84 Å². The van der Waals surface area contributed by atoms with E-state index in [2.05, 4.69) is 0 Å². The fraction of sp³-hybridized carbons (Fsp3) is 0.417. The molecule has 0 bridgehead atoms. The van der Waals surface area contributed by atoms with Gasteiger partial charge < -0.3 is 9.84 Å². The molecule has 1 aromatic rings. The Morgan fingerprint density at radius 3 is 2.60 bits per heavy atom. The van der Waals surface area contributed by atoms with Crippen LogP contribution < -0.4 is 0 Å². The summed E-state index contributed by atoms with van der Waals surface area (Å²) in [4.78, 5) is 11.6. The Morgan fingerprint density at radius 1 is 1.33 bits per heavy atom. The van der Waals surface area contributed by atoms with Crippen LogP contribution in [0.5, 0.6) is 0 Å². The molecule has 1 saturated carbocycles. The number of hydrogen-bond donors (Lipinski definition) is 1. The smallest absolute Gasteiger partial charge is 0.338 e. The first kappa shape index (κ1) is 10.2. The first-order chi connectivity index (χ1) is 7.29. The average Bonchev–Trinajstić information content (AvgIpc) is 2.23. The van der Waals surface area contributed by atoms with Crippen LogP contribution in [0.2, 0.25) is 0 Å². The van der Waals surface area contributed by atoms with Crippen LogP contribution >= 0.6 is 0 Å². The van der Waals surface area contributed by atoms with Crippen LogP contribution in [0.15, 0.2) is 30.3 Å². The van der Waals surface area contributed by atoms with E-state index < -0.39 is 0 Å². The second-order valence-corrected chi connectivity index (χ2v) is 3.91. The summed E-state index contributed by atoms with van der Waals surface area (Å²) in [5.41, 5.74) is 0.588. The van der Waals surface area contributed by atoms with E-state index in [9.17, 15) is 4.79 Å². The van der Waals surface area contributed by atoms with E-state index in [-0.39, 0.29) is 18.7 Å². The van der Waals surface area contributed by atoms with Gasteiger partial charge in [-0.3, -0.25) is 0 Å². The molecule has 0 aliphatic heterocycles. The highest BCUT2D eigenvalue weighted by molar-refractivity contribution is 5.89. The Labute approximate surface area is 88.7 Å². The van der Waals surface area contributed by atoms with Crippen LogP contribution in [0.4, 0.5) is 0 Å². The summed E-state index contributed by atoms with van der Waals surface area (Å²) < 4.78 is 5.25. The van der Waals surface area contributed by atoms with Crippen molar-refractivity contribution in [3.05, 3.63) is 35.9 Å². The molecule has 1 aliphatic rings. The largest absolute Gasteiger partial charge is 0.459 e. The predicted molar refractivity (Wildman–Crippen MR) is 55.5 cm³/mol. The zero-order chi connectivity index (χ0) is 10.7.